The van der Waals surface area contributed by atoms with Gasteiger partial charge in [-0.05, 0) is 49.5 Å². The lowest BCUT2D eigenvalue weighted by Crippen LogP contribution is -2.31. The summed E-state index contributed by atoms with van der Waals surface area (Å²) in [6.07, 6.45) is 8.36. The number of hydrogen-bond acceptors (Lipinski definition) is 3. The van der Waals surface area contributed by atoms with Crippen LogP contribution in [0.4, 0.5) is 13.2 Å². The molecule has 34 heavy (non-hydrogen) atoms. The van der Waals surface area contributed by atoms with Crippen molar-refractivity contribution in [3.63, 3.8) is 0 Å². The topological polar surface area (TPSA) is 61.9 Å². The number of carbonyl (C=O) groups is 1. The number of halogens is 3. The second kappa shape index (κ2) is 9.39. The first-order valence-electron chi connectivity index (χ1n) is 12.1. The first-order valence-corrected chi connectivity index (χ1v) is 12.1. The monoisotopic (exact) mass is 470 g/mol. The van der Waals surface area contributed by atoms with Crippen molar-refractivity contribution in [3.8, 4) is 11.3 Å². The van der Waals surface area contributed by atoms with Gasteiger partial charge in [0.2, 0.25) is 5.91 Å². The van der Waals surface area contributed by atoms with Crippen molar-refractivity contribution >= 4 is 16.9 Å². The Morgan fingerprint density at radius 2 is 1.97 bits per heavy atom. The Hall–Kier alpha value is -2.90. The minimum atomic E-state index is -0.793. The van der Waals surface area contributed by atoms with E-state index in [-0.39, 0.29) is 29.1 Å². The molecule has 5 rings (SSSR count). The van der Waals surface area contributed by atoms with Gasteiger partial charge in [0.25, 0.3) is 0 Å². The third-order valence-corrected chi connectivity index (χ3v) is 7.37. The van der Waals surface area contributed by atoms with Gasteiger partial charge in [0.05, 0.1) is 11.9 Å². The van der Waals surface area contributed by atoms with Crippen molar-refractivity contribution in [2.24, 2.45) is 17.8 Å². The third-order valence-electron chi connectivity index (χ3n) is 7.37. The van der Waals surface area contributed by atoms with Crippen molar-refractivity contribution in [1.82, 2.24) is 19.9 Å². The van der Waals surface area contributed by atoms with Gasteiger partial charge in [-0.25, -0.2) is 23.1 Å². The van der Waals surface area contributed by atoms with Gasteiger partial charge in [-0.15, -0.1) is 0 Å². The lowest BCUT2D eigenvalue weighted by Gasteiger charge is -2.30. The molecule has 2 fully saturated rings. The normalized spacial score (nSPS) is 23.1. The predicted molar refractivity (Wildman–Crippen MR) is 123 cm³/mol. The summed E-state index contributed by atoms with van der Waals surface area (Å²) in [5, 5.41) is 0.399. The molecule has 0 aromatic carbocycles. The van der Waals surface area contributed by atoms with Crippen LogP contribution in [0.5, 0.6) is 0 Å². The summed E-state index contributed by atoms with van der Waals surface area (Å²) in [5.74, 6) is -0.743. The van der Waals surface area contributed by atoms with Gasteiger partial charge < -0.3 is 9.88 Å². The lowest BCUT2D eigenvalue weighted by atomic mass is 9.77. The minimum absolute atomic E-state index is 0.0132. The molecule has 3 aromatic rings. The summed E-state index contributed by atoms with van der Waals surface area (Å²) in [5.41, 5.74) is 0.963. The third kappa shape index (κ3) is 4.68. The number of likely N-dealkylation sites (tertiary alicyclic amines) is 1. The van der Waals surface area contributed by atoms with Crippen LogP contribution < -0.4 is 0 Å². The molecule has 1 aliphatic heterocycles. The maximum absolute atomic E-state index is 14.7. The second-order valence-corrected chi connectivity index (χ2v) is 10.0. The number of fused-ring (bicyclic) bond motifs is 1. The first kappa shape index (κ1) is 22.9. The highest BCUT2D eigenvalue weighted by atomic mass is 19.1. The number of rotatable bonds is 5. The smallest absolute Gasteiger partial charge is 0.222 e. The zero-order valence-electron chi connectivity index (χ0n) is 19.3. The maximum Gasteiger partial charge on any atom is 0.222 e. The molecule has 0 unspecified atom stereocenters. The number of amides is 1. The van der Waals surface area contributed by atoms with Crippen LogP contribution in [0.3, 0.4) is 0 Å². The Bertz CT molecular complexity index is 1210. The van der Waals surface area contributed by atoms with E-state index in [9.17, 15) is 18.0 Å². The van der Waals surface area contributed by atoms with Gasteiger partial charge in [-0.2, -0.15) is 0 Å². The number of nitrogens with zero attached hydrogens (tertiary/aromatic N) is 3. The number of carbonyl (C=O) groups excluding carboxylic acids is 1. The molecule has 3 aromatic heterocycles. The fourth-order valence-corrected chi connectivity index (χ4v) is 5.59. The summed E-state index contributed by atoms with van der Waals surface area (Å²) in [7, 11) is 0. The molecule has 1 saturated heterocycles. The van der Waals surface area contributed by atoms with Crippen LogP contribution in [-0.4, -0.2) is 38.8 Å². The van der Waals surface area contributed by atoms with Gasteiger partial charge in [0.15, 0.2) is 5.82 Å². The maximum atomic E-state index is 14.7. The highest BCUT2D eigenvalue weighted by molar-refractivity contribution is 5.92. The Balaban J connectivity index is 1.32. The van der Waals surface area contributed by atoms with Gasteiger partial charge in [-0.1, -0.05) is 19.8 Å². The van der Waals surface area contributed by atoms with Crippen molar-refractivity contribution < 1.29 is 18.0 Å². The molecule has 8 heteroatoms. The Kier molecular flexibility index (Phi) is 6.32. The Morgan fingerprint density at radius 1 is 1.15 bits per heavy atom. The van der Waals surface area contributed by atoms with Crippen LogP contribution in [0, 0.1) is 35.2 Å². The summed E-state index contributed by atoms with van der Waals surface area (Å²) in [4.78, 5) is 25.9. The van der Waals surface area contributed by atoms with Crippen molar-refractivity contribution in [3.05, 3.63) is 47.7 Å². The summed E-state index contributed by atoms with van der Waals surface area (Å²) in [6, 6.07) is 2.13. The molecule has 1 amide bonds. The molecule has 1 aliphatic carbocycles. The van der Waals surface area contributed by atoms with E-state index in [1.54, 1.807) is 0 Å². The molecule has 2 aliphatic rings. The van der Waals surface area contributed by atoms with E-state index in [1.807, 2.05) is 4.90 Å². The number of nitrogens with one attached hydrogen (secondary N) is 1. The van der Waals surface area contributed by atoms with Crippen LogP contribution in [-0.2, 0) is 11.2 Å². The zero-order valence-corrected chi connectivity index (χ0v) is 19.3. The summed E-state index contributed by atoms with van der Waals surface area (Å²) < 4.78 is 43.1. The molecule has 1 N–H and O–H groups in total. The van der Waals surface area contributed by atoms with Crippen LogP contribution in [0.1, 0.15) is 51.1 Å². The van der Waals surface area contributed by atoms with Gasteiger partial charge in [-0.3, -0.25) is 4.79 Å². The van der Waals surface area contributed by atoms with E-state index < -0.39 is 17.5 Å². The summed E-state index contributed by atoms with van der Waals surface area (Å²) >= 11 is 0. The van der Waals surface area contributed by atoms with E-state index in [0.717, 1.165) is 57.5 Å². The molecular weight excluding hydrogens is 441 g/mol. The van der Waals surface area contributed by atoms with Crippen molar-refractivity contribution in [2.45, 2.75) is 51.9 Å². The van der Waals surface area contributed by atoms with E-state index in [0.29, 0.717) is 35.4 Å². The average molecular weight is 471 g/mol. The van der Waals surface area contributed by atoms with Crippen LogP contribution in [0.2, 0.25) is 0 Å². The highest BCUT2D eigenvalue weighted by Crippen LogP contribution is 2.35. The Labute approximate surface area is 196 Å². The lowest BCUT2D eigenvalue weighted by molar-refractivity contribution is -0.131. The molecule has 180 valence electrons. The van der Waals surface area contributed by atoms with Crippen LogP contribution in [0.25, 0.3) is 22.3 Å². The largest absolute Gasteiger partial charge is 0.345 e. The molecule has 0 spiro atoms. The van der Waals surface area contributed by atoms with E-state index in [4.69, 9.17) is 0 Å². The van der Waals surface area contributed by atoms with E-state index in [1.165, 1.54) is 12.3 Å². The predicted octanol–water partition coefficient (Wildman–Crippen LogP) is 5.65. The zero-order chi connectivity index (χ0) is 23.8. The second-order valence-electron chi connectivity index (χ2n) is 10.0. The minimum Gasteiger partial charge on any atom is -0.345 e. The number of aromatic amines is 1. The number of H-pyrrole nitrogens is 1. The van der Waals surface area contributed by atoms with Crippen molar-refractivity contribution in [1.29, 1.82) is 0 Å². The molecule has 1 saturated carbocycles. The average Bonchev–Trinajstić information content (AvgIpc) is 3.42. The fraction of sp³-hybridized carbons (Fsp3) is 0.500. The van der Waals surface area contributed by atoms with Gasteiger partial charge in [0.1, 0.15) is 23.0 Å². The SMILES string of the molecule is C[C@@H]1CCN(C(=O)C[C@@H]2CCC[C@H](Cc3nc(-c4c[nH]c5ncc(F)cc45)c(F)cc3F)C2)C1. The van der Waals surface area contributed by atoms with Crippen molar-refractivity contribution in [2.75, 3.05) is 13.1 Å². The first-order chi connectivity index (χ1) is 16.4. The van der Waals surface area contributed by atoms with Crippen LogP contribution >= 0.6 is 0 Å². The molecule has 0 bridgehead atoms. The van der Waals surface area contributed by atoms with E-state index >= 15 is 0 Å². The molecule has 3 atom stereocenters. The fourth-order valence-electron chi connectivity index (χ4n) is 5.59. The Morgan fingerprint density at radius 3 is 2.76 bits per heavy atom. The molecule has 4 heterocycles. The van der Waals surface area contributed by atoms with E-state index in [2.05, 4.69) is 21.9 Å². The standard InChI is InChI=1S/C26H29F3N4O/c1-15-5-6-33(14-15)24(34)9-17-4-2-3-16(7-17)8-23-21(28)11-22(29)25(32-23)20-13-31-26-19(20)10-18(27)12-30-26/h10-13,15-17H,2-9,14H2,1H3,(H,30,31)/t15-,16+,17-/m1/s1. The van der Waals surface area contributed by atoms with Gasteiger partial charge in [0, 0.05) is 42.7 Å². The highest BCUT2D eigenvalue weighted by Gasteiger charge is 2.29. The number of hydrogen-bond donors (Lipinski definition) is 1. The number of pyridine rings is 2. The summed E-state index contributed by atoms with van der Waals surface area (Å²) in [6.45, 7) is 3.86. The molecular formula is C26H29F3N4O. The quantitative estimate of drug-likeness (QED) is 0.524. The molecule has 5 nitrogen and oxygen atoms in total. The molecule has 0 radical (unpaired) electrons. The van der Waals surface area contributed by atoms with Crippen LogP contribution in [0.15, 0.2) is 24.5 Å². The van der Waals surface area contributed by atoms with Gasteiger partial charge >= 0.3 is 0 Å². The number of aromatic nitrogens is 3.